The molecule has 1 atom stereocenters. The van der Waals surface area contributed by atoms with Gasteiger partial charge in [0.25, 0.3) is 15.9 Å². The summed E-state index contributed by atoms with van der Waals surface area (Å²) < 4.78 is 30.5. The molecule has 0 aliphatic carbocycles. The van der Waals surface area contributed by atoms with Gasteiger partial charge in [0.05, 0.1) is 0 Å². The number of anilines is 1. The molecule has 0 radical (unpaired) electrons. The Morgan fingerprint density at radius 3 is 2.54 bits per heavy atom. The molecule has 1 aliphatic rings. The lowest BCUT2D eigenvalue weighted by Crippen LogP contribution is -2.45. The van der Waals surface area contributed by atoms with Gasteiger partial charge in [0.2, 0.25) is 5.91 Å². The fourth-order valence-corrected chi connectivity index (χ4v) is 3.94. The molecule has 1 N–H and O–H groups in total. The number of fused-ring (bicyclic) bond motifs is 1. The van der Waals surface area contributed by atoms with Crippen molar-refractivity contribution in [2.75, 3.05) is 12.4 Å². The maximum absolute atomic E-state index is 12.5. The second-order valence-electron chi connectivity index (χ2n) is 5.33. The number of sulfonamides is 1. The maximum atomic E-state index is 12.5. The summed E-state index contributed by atoms with van der Waals surface area (Å²) in [4.78, 5) is 24.8. The topological polar surface area (TPSA) is 96.7 Å². The number of hydrogen-bond acceptors (Lipinski definition) is 5. The molecule has 0 spiro atoms. The van der Waals surface area contributed by atoms with Gasteiger partial charge in [0.15, 0.2) is 5.92 Å². The molecule has 9 heteroatoms. The molecule has 2 aromatic rings. The third kappa shape index (κ3) is 2.57. The van der Waals surface area contributed by atoms with Gasteiger partial charge in [0, 0.05) is 23.8 Å². The third-order valence-electron chi connectivity index (χ3n) is 3.68. The second kappa shape index (κ2) is 5.64. The van der Waals surface area contributed by atoms with Crippen LogP contribution < -0.4 is 5.32 Å². The van der Waals surface area contributed by atoms with Crippen molar-refractivity contribution in [3.8, 4) is 0 Å². The van der Waals surface area contributed by atoms with Gasteiger partial charge in [-0.1, -0.05) is 11.6 Å². The molecule has 0 bridgehead atoms. The Morgan fingerprint density at radius 2 is 1.92 bits per heavy atom. The summed E-state index contributed by atoms with van der Waals surface area (Å²) in [6, 6.07) is 7.61. The highest BCUT2D eigenvalue weighted by molar-refractivity contribution is 7.89. The van der Waals surface area contributed by atoms with Gasteiger partial charge in [0.1, 0.15) is 16.4 Å². The number of amides is 2. The van der Waals surface area contributed by atoms with Crippen molar-refractivity contribution < 1.29 is 22.4 Å². The standard InChI is InChI=1S/C15H13ClN2O5S/c1-8-7-11-13(23-8)12(15(20)18(2)24(11,21)22)14(19)17-10-5-3-9(16)4-6-10/h3-7,12H,1-2H3,(H,17,19). The highest BCUT2D eigenvalue weighted by Crippen LogP contribution is 2.36. The number of carbonyl (C=O) groups excluding carboxylic acids is 2. The number of nitrogens with zero attached hydrogens (tertiary/aromatic N) is 1. The van der Waals surface area contributed by atoms with E-state index in [4.69, 9.17) is 16.0 Å². The van der Waals surface area contributed by atoms with E-state index < -0.39 is 27.8 Å². The summed E-state index contributed by atoms with van der Waals surface area (Å²) in [5, 5.41) is 3.06. The van der Waals surface area contributed by atoms with Gasteiger partial charge in [-0.15, -0.1) is 0 Å². The average molecular weight is 369 g/mol. The molecule has 0 saturated carbocycles. The second-order valence-corrected chi connectivity index (χ2v) is 7.70. The van der Waals surface area contributed by atoms with Gasteiger partial charge in [-0.3, -0.25) is 9.59 Å². The van der Waals surface area contributed by atoms with E-state index in [1.807, 2.05) is 0 Å². The van der Waals surface area contributed by atoms with Crippen molar-refractivity contribution in [1.82, 2.24) is 4.31 Å². The van der Waals surface area contributed by atoms with Gasteiger partial charge in [-0.25, -0.2) is 12.7 Å². The van der Waals surface area contributed by atoms with Gasteiger partial charge < -0.3 is 9.73 Å². The number of benzene rings is 1. The number of nitrogens with one attached hydrogen (secondary N) is 1. The molecular formula is C15H13ClN2O5S. The van der Waals surface area contributed by atoms with Crippen molar-refractivity contribution in [2.24, 2.45) is 0 Å². The van der Waals surface area contributed by atoms with Crippen LogP contribution in [-0.2, 0) is 19.6 Å². The molecule has 3 rings (SSSR count). The van der Waals surface area contributed by atoms with Crippen LogP contribution in [0.15, 0.2) is 39.6 Å². The summed E-state index contributed by atoms with van der Waals surface area (Å²) >= 11 is 5.79. The Bertz CT molecular complexity index is 933. The Hall–Kier alpha value is -2.32. The number of halogens is 1. The van der Waals surface area contributed by atoms with Crippen molar-refractivity contribution in [2.45, 2.75) is 17.7 Å². The summed E-state index contributed by atoms with van der Waals surface area (Å²) in [7, 11) is -2.88. The van der Waals surface area contributed by atoms with Crippen LogP contribution in [0.1, 0.15) is 17.4 Å². The molecule has 7 nitrogen and oxygen atoms in total. The van der Waals surface area contributed by atoms with Crippen LogP contribution in [0.5, 0.6) is 0 Å². The minimum absolute atomic E-state index is 0.165. The predicted octanol–water partition coefficient (Wildman–Crippen LogP) is 2.12. The van der Waals surface area contributed by atoms with Crippen LogP contribution in [0.3, 0.4) is 0 Å². The Balaban J connectivity index is 2.01. The van der Waals surface area contributed by atoms with Crippen molar-refractivity contribution >= 4 is 39.1 Å². The minimum atomic E-state index is -4.00. The SMILES string of the molecule is Cc1cc2c(o1)C(C(=O)Nc1ccc(Cl)cc1)C(=O)N(C)S2(=O)=O. The lowest BCUT2D eigenvalue weighted by molar-refractivity contribution is -0.133. The number of furan rings is 1. The van der Waals surface area contributed by atoms with E-state index in [0.29, 0.717) is 20.8 Å². The van der Waals surface area contributed by atoms with Crippen LogP contribution in [-0.4, -0.2) is 31.6 Å². The van der Waals surface area contributed by atoms with Gasteiger partial charge in [-0.05, 0) is 31.2 Å². The molecule has 2 heterocycles. The predicted molar refractivity (Wildman–Crippen MR) is 86.2 cm³/mol. The largest absolute Gasteiger partial charge is 0.463 e. The fraction of sp³-hybridized carbons (Fsp3) is 0.200. The maximum Gasteiger partial charge on any atom is 0.269 e. The lowest BCUT2D eigenvalue weighted by atomic mass is 10.0. The number of aryl methyl sites for hydroxylation is 1. The Kier molecular flexibility index (Phi) is 3.89. The smallest absolute Gasteiger partial charge is 0.269 e. The Labute approximate surface area is 143 Å². The van der Waals surface area contributed by atoms with E-state index in [-0.39, 0.29) is 10.7 Å². The summed E-state index contributed by atoms with van der Waals surface area (Å²) in [6.07, 6.45) is 0. The zero-order chi connectivity index (χ0) is 17.6. The first-order valence-electron chi connectivity index (χ1n) is 6.91. The Morgan fingerprint density at radius 1 is 1.29 bits per heavy atom. The zero-order valence-electron chi connectivity index (χ0n) is 12.7. The number of likely N-dealkylation sites (N-methyl/N-ethyl adjacent to an activating group) is 1. The first-order chi connectivity index (χ1) is 11.2. The summed E-state index contributed by atoms with van der Waals surface area (Å²) in [6.45, 7) is 1.55. The van der Waals surface area contributed by atoms with Gasteiger partial charge >= 0.3 is 0 Å². The quantitative estimate of drug-likeness (QED) is 0.819. The van der Waals surface area contributed by atoms with Crippen molar-refractivity contribution in [1.29, 1.82) is 0 Å². The number of hydrogen-bond donors (Lipinski definition) is 1. The van der Waals surface area contributed by atoms with Crippen LogP contribution >= 0.6 is 11.6 Å². The molecule has 1 aliphatic heterocycles. The van der Waals surface area contributed by atoms with Crippen LogP contribution in [0.4, 0.5) is 5.69 Å². The molecular weight excluding hydrogens is 356 g/mol. The van der Waals surface area contributed by atoms with E-state index in [0.717, 1.165) is 7.05 Å². The molecule has 1 aromatic heterocycles. The monoisotopic (exact) mass is 368 g/mol. The molecule has 1 aromatic carbocycles. The zero-order valence-corrected chi connectivity index (χ0v) is 14.3. The van der Waals surface area contributed by atoms with Crippen molar-refractivity contribution in [3.63, 3.8) is 0 Å². The molecule has 126 valence electrons. The molecule has 0 fully saturated rings. The highest BCUT2D eigenvalue weighted by atomic mass is 35.5. The normalized spacial score (nSPS) is 19.0. The number of rotatable bonds is 2. The third-order valence-corrected chi connectivity index (χ3v) is 5.71. The highest BCUT2D eigenvalue weighted by Gasteiger charge is 2.47. The van der Waals surface area contributed by atoms with E-state index >= 15 is 0 Å². The summed E-state index contributed by atoms with van der Waals surface area (Å²) in [5.41, 5.74) is 0.429. The van der Waals surface area contributed by atoms with Crippen LogP contribution in [0.2, 0.25) is 5.02 Å². The molecule has 1 unspecified atom stereocenters. The van der Waals surface area contributed by atoms with Crippen molar-refractivity contribution in [3.05, 3.63) is 46.9 Å². The summed E-state index contributed by atoms with van der Waals surface area (Å²) in [5.74, 6) is -2.79. The molecule has 0 saturated heterocycles. The molecule has 24 heavy (non-hydrogen) atoms. The van der Waals surface area contributed by atoms with Crippen LogP contribution in [0, 0.1) is 6.92 Å². The van der Waals surface area contributed by atoms with E-state index in [1.165, 1.54) is 6.07 Å². The average Bonchev–Trinajstić information content (AvgIpc) is 2.90. The first-order valence-corrected chi connectivity index (χ1v) is 8.73. The lowest BCUT2D eigenvalue weighted by Gasteiger charge is -2.27. The first kappa shape index (κ1) is 16.5. The van der Waals surface area contributed by atoms with Crippen LogP contribution in [0.25, 0.3) is 0 Å². The van der Waals surface area contributed by atoms with Gasteiger partial charge in [-0.2, -0.15) is 0 Å². The van der Waals surface area contributed by atoms with E-state index in [1.54, 1.807) is 31.2 Å². The fourth-order valence-electron chi connectivity index (χ4n) is 2.45. The number of carbonyl (C=O) groups is 2. The van der Waals surface area contributed by atoms with E-state index in [2.05, 4.69) is 5.32 Å². The molecule has 2 amide bonds. The minimum Gasteiger partial charge on any atom is -0.463 e. The van der Waals surface area contributed by atoms with E-state index in [9.17, 15) is 18.0 Å².